The van der Waals surface area contributed by atoms with Gasteiger partial charge in [0.05, 0.1) is 5.69 Å². The fourth-order valence-corrected chi connectivity index (χ4v) is 3.50. The maximum absolute atomic E-state index is 5.47. The van der Waals surface area contributed by atoms with Gasteiger partial charge in [0.25, 0.3) is 0 Å². The van der Waals surface area contributed by atoms with Crippen LogP contribution in [0.1, 0.15) is 56.0 Å². The average Bonchev–Trinajstić information content (AvgIpc) is 2.96. The molecule has 5 nitrogen and oxygen atoms in total. The van der Waals surface area contributed by atoms with Gasteiger partial charge in [0.1, 0.15) is 5.69 Å². The van der Waals surface area contributed by atoms with Crippen LogP contribution in [0.25, 0.3) is 11.5 Å². The summed E-state index contributed by atoms with van der Waals surface area (Å²) in [6, 6.07) is 3.80. The van der Waals surface area contributed by atoms with Crippen LogP contribution in [-0.4, -0.2) is 20.3 Å². The summed E-state index contributed by atoms with van der Waals surface area (Å²) >= 11 is 0. The normalized spacial score (nSPS) is 23.9. The zero-order valence-corrected chi connectivity index (χ0v) is 11.7. The second-order valence-corrected chi connectivity index (χ2v) is 6.20. The first-order chi connectivity index (χ1) is 9.77. The molecule has 0 aliphatic heterocycles. The van der Waals surface area contributed by atoms with E-state index in [1.165, 1.54) is 38.5 Å². The minimum absolute atomic E-state index is 0.473. The van der Waals surface area contributed by atoms with Crippen molar-refractivity contribution in [3.05, 3.63) is 23.7 Å². The van der Waals surface area contributed by atoms with Crippen LogP contribution in [0.4, 0.5) is 0 Å². The lowest BCUT2D eigenvalue weighted by molar-refractivity contribution is 0.300. The lowest BCUT2D eigenvalue weighted by atomic mass is 9.84. The highest BCUT2D eigenvalue weighted by Crippen LogP contribution is 2.66. The molecule has 0 amide bonds. The average molecular weight is 270 g/mol. The zero-order valence-electron chi connectivity index (χ0n) is 11.7. The molecule has 2 saturated carbocycles. The summed E-state index contributed by atoms with van der Waals surface area (Å²) in [6.07, 6.45) is 7.93. The Labute approximate surface area is 117 Å². The molecular weight excluding hydrogens is 252 g/mol. The maximum Gasteiger partial charge on any atom is 0.230 e. The van der Waals surface area contributed by atoms with E-state index in [1.807, 2.05) is 19.1 Å². The third-order valence-corrected chi connectivity index (χ3v) is 4.81. The minimum atomic E-state index is 0.473. The Morgan fingerprint density at radius 3 is 2.75 bits per heavy atom. The van der Waals surface area contributed by atoms with Crippen molar-refractivity contribution in [2.45, 2.75) is 51.4 Å². The first-order valence-corrected chi connectivity index (χ1v) is 7.41. The van der Waals surface area contributed by atoms with E-state index in [1.54, 1.807) is 0 Å². The van der Waals surface area contributed by atoms with Crippen LogP contribution in [-0.2, 0) is 0 Å². The molecule has 1 atom stereocenters. The van der Waals surface area contributed by atoms with Crippen molar-refractivity contribution in [2.75, 3.05) is 0 Å². The highest BCUT2D eigenvalue weighted by Gasteiger charge is 2.57. The topological polar surface area (TPSA) is 64.7 Å². The van der Waals surface area contributed by atoms with Crippen LogP contribution in [0.2, 0.25) is 0 Å². The van der Waals surface area contributed by atoms with Gasteiger partial charge in [0, 0.05) is 5.92 Å². The van der Waals surface area contributed by atoms with E-state index in [9.17, 15) is 0 Å². The molecule has 0 aromatic carbocycles. The van der Waals surface area contributed by atoms with Crippen LogP contribution in [0.3, 0.4) is 0 Å². The minimum Gasteiger partial charge on any atom is -0.339 e. The Bertz CT molecular complexity index is 613. The molecule has 5 heteroatoms. The molecule has 0 saturated heterocycles. The van der Waals surface area contributed by atoms with Crippen molar-refractivity contribution in [1.29, 1.82) is 0 Å². The summed E-state index contributed by atoms with van der Waals surface area (Å²) in [4.78, 5) is 4.54. The number of aromatic nitrogens is 4. The second kappa shape index (κ2) is 4.36. The van der Waals surface area contributed by atoms with Gasteiger partial charge in [-0.2, -0.15) is 10.1 Å². The number of nitrogens with zero attached hydrogens (tertiary/aromatic N) is 4. The van der Waals surface area contributed by atoms with Crippen molar-refractivity contribution in [3.63, 3.8) is 0 Å². The Morgan fingerprint density at radius 1 is 1.15 bits per heavy atom. The Morgan fingerprint density at radius 2 is 2.00 bits per heavy atom. The molecule has 4 rings (SSSR count). The molecule has 0 radical (unpaired) electrons. The standard InChI is InChI=1S/C15H18N4O/c1-10-5-6-12(18-17-10)13-16-14(20-19-13)11-9-15(11)7-3-2-4-8-15/h5-6,11H,2-4,7-9H2,1H3. The summed E-state index contributed by atoms with van der Waals surface area (Å²) in [5.41, 5.74) is 2.05. The monoisotopic (exact) mass is 270 g/mol. The SMILES string of the molecule is Cc1ccc(-c2noc(C3CC34CCCCC4)n2)nn1. The van der Waals surface area contributed by atoms with Crippen molar-refractivity contribution in [1.82, 2.24) is 20.3 Å². The van der Waals surface area contributed by atoms with Crippen LogP contribution < -0.4 is 0 Å². The molecule has 2 aliphatic carbocycles. The fraction of sp³-hybridized carbons (Fsp3) is 0.600. The molecule has 2 aromatic heterocycles. The van der Waals surface area contributed by atoms with Crippen molar-refractivity contribution in [2.24, 2.45) is 5.41 Å². The molecule has 1 spiro atoms. The van der Waals surface area contributed by atoms with E-state index in [4.69, 9.17) is 4.52 Å². The van der Waals surface area contributed by atoms with Crippen LogP contribution in [0.5, 0.6) is 0 Å². The maximum atomic E-state index is 5.47. The number of aryl methyl sites for hydroxylation is 1. The van der Waals surface area contributed by atoms with Crippen molar-refractivity contribution >= 4 is 0 Å². The lowest BCUT2D eigenvalue weighted by Crippen LogP contribution is -2.09. The van der Waals surface area contributed by atoms with E-state index >= 15 is 0 Å². The van der Waals surface area contributed by atoms with E-state index < -0.39 is 0 Å². The van der Waals surface area contributed by atoms with Crippen LogP contribution >= 0.6 is 0 Å². The van der Waals surface area contributed by atoms with Gasteiger partial charge < -0.3 is 4.52 Å². The summed E-state index contributed by atoms with van der Waals surface area (Å²) in [5, 5.41) is 12.2. The van der Waals surface area contributed by atoms with Crippen LogP contribution in [0, 0.1) is 12.3 Å². The van der Waals surface area contributed by atoms with Crippen molar-refractivity contribution < 1.29 is 4.52 Å². The van der Waals surface area contributed by atoms with Gasteiger partial charge in [-0.25, -0.2) is 0 Å². The fourth-order valence-electron chi connectivity index (χ4n) is 3.50. The van der Waals surface area contributed by atoms with E-state index in [0.717, 1.165) is 11.6 Å². The molecule has 1 unspecified atom stereocenters. The van der Waals surface area contributed by atoms with Gasteiger partial charge in [-0.1, -0.05) is 24.4 Å². The van der Waals surface area contributed by atoms with E-state index in [-0.39, 0.29) is 0 Å². The summed E-state index contributed by atoms with van der Waals surface area (Å²) < 4.78 is 5.47. The number of hydrogen-bond donors (Lipinski definition) is 0. The second-order valence-electron chi connectivity index (χ2n) is 6.20. The third kappa shape index (κ3) is 1.92. The van der Waals surface area contributed by atoms with Crippen molar-refractivity contribution in [3.8, 4) is 11.5 Å². The predicted octanol–water partition coefficient (Wildman–Crippen LogP) is 3.27. The first kappa shape index (κ1) is 12.0. The van der Waals surface area contributed by atoms with Crippen LogP contribution in [0.15, 0.2) is 16.7 Å². The van der Waals surface area contributed by atoms with Gasteiger partial charge >= 0.3 is 0 Å². The molecular formula is C15H18N4O. The quantitative estimate of drug-likeness (QED) is 0.838. The highest BCUT2D eigenvalue weighted by molar-refractivity contribution is 5.47. The first-order valence-electron chi connectivity index (χ1n) is 7.41. The van der Waals surface area contributed by atoms with Gasteiger partial charge in [-0.05, 0) is 43.7 Å². The molecule has 104 valence electrons. The molecule has 2 aromatic rings. The molecule has 0 bridgehead atoms. The number of rotatable bonds is 2. The predicted molar refractivity (Wildman–Crippen MR) is 72.9 cm³/mol. The Kier molecular flexibility index (Phi) is 2.62. The molecule has 2 fully saturated rings. The molecule has 0 N–H and O–H groups in total. The smallest absolute Gasteiger partial charge is 0.230 e. The summed E-state index contributed by atoms with van der Waals surface area (Å²) in [5.74, 6) is 1.83. The Balaban J connectivity index is 1.56. The van der Waals surface area contributed by atoms with Gasteiger partial charge in [-0.3, -0.25) is 0 Å². The number of hydrogen-bond acceptors (Lipinski definition) is 5. The van der Waals surface area contributed by atoms with Gasteiger partial charge in [0.2, 0.25) is 11.7 Å². The van der Waals surface area contributed by atoms with E-state index in [0.29, 0.717) is 22.9 Å². The summed E-state index contributed by atoms with van der Waals surface area (Å²) in [7, 11) is 0. The zero-order chi connectivity index (χ0) is 13.6. The molecule has 2 heterocycles. The summed E-state index contributed by atoms with van der Waals surface area (Å²) in [6.45, 7) is 1.91. The molecule has 20 heavy (non-hydrogen) atoms. The lowest BCUT2D eigenvalue weighted by Gasteiger charge is -2.21. The largest absolute Gasteiger partial charge is 0.339 e. The molecule has 2 aliphatic rings. The van der Waals surface area contributed by atoms with Gasteiger partial charge in [-0.15, -0.1) is 5.10 Å². The van der Waals surface area contributed by atoms with E-state index in [2.05, 4.69) is 20.3 Å². The Hall–Kier alpha value is -1.78. The third-order valence-electron chi connectivity index (χ3n) is 4.81. The van der Waals surface area contributed by atoms with Gasteiger partial charge in [0.15, 0.2) is 0 Å². The highest BCUT2D eigenvalue weighted by atomic mass is 16.5.